The number of ether oxygens (including phenoxy) is 1. The minimum Gasteiger partial charge on any atom is -0.384 e. The van der Waals surface area contributed by atoms with Gasteiger partial charge in [0, 0.05) is 31.5 Å². The molecular weight excluding hydrogens is 367 g/mol. The molecule has 28 heavy (non-hydrogen) atoms. The molecule has 1 N–H and O–H groups in total. The largest absolute Gasteiger partial charge is 0.384 e. The predicted molar refractivity (Wildman–Crippen MR) is 99.3 cm³/mol. The van der Waals surface area contributed by atoms with Gasteiger partial charge in [0.15, 0.2) is 5.82 Å². The molecule has 2 heterocycles. The average Bonchev–Trinajstić information content (AvgIpc) is 3.14. The number of benzene rings is 1. The second-order valence-corrected chi connectivity index (χ2v) is 6.15. The number of methoxy groups -OCH3 is 1. The summed E-state index contributed by atoms with van der Waals surface area (Å²) in [7, 11) is 1.58. The molecule has 3 aromatic rings. The van der Waals surface area contributed by atoms with Crippen LogP contribution in [0, 0.1) is 12.7 Å². The number of nitrogens with one attached hydrogen (secondary N) is 1. The maximum Gasteiger partial charge on any atom is 0.259 e. The lowest BCUT2D eigenvalue weighted by Crippen LogP contribution is -2.27. The zero-order valence-corrected chi connectivity index (χ0v) is 15.4. The molecule has 0 aliphatic carbocycles. The van der Waals surface area contributed by atoms with Crippen molar-refractivity contribution in [2.45, 2.75) is 19.9 Å². The molecule has 0 aliphatic rings. The summed E-state index contributed by atoms with van der Waals surface area (Å²) in [5.74, 6) is -0.199. The summed E-state index contributed by atoms with van der Waals surface area (Å²) in [6.07, 6.45) is 1.96. The van der Waals surface area contributed by atoms with Gasteiger partial charge in [-0.15, -0.1) is 0 Å². The molecule has 9 heteroatoms. The van der Waals surface area contributed by atoms with Crippen LogP contribution in [0.15, 0.2) is 45.8 Å². The lowest BCUT2D eigenvalue weighted by atomic mass is 10.2. The monoisotopic (exact) mass is 386 g/mol. The number of amides is 1. The van der Waals surface area contributed by atoms with Gasteiger partial charge in [-0.25, -0.2) is 4.39 Å². The van der Waals surface area contributed by atoms with Gasteiger partial charge in [-0.05, 0) is 30.7 Å². The summed E-state index contributed by atoms with van der Waals surface area (Å²) in [6, 6.07) is 6.96. The van der Waals surface area contributed by atoms with Gasteiger partial charge in [0.05, 0.1) is 12.2 Å². The van der Waals surface area contributed by atoms with E-state index in [1.807, 2.05) is 0 Å². The van der Waals surface area contributed by atoms with E-state index in [9.17, 15) is 14.0 Å². The predicted octanol–water partition coefficient (Wildman–Crippen LogP) is 2.17. The first-order valence-electron chi connectivity index (χ1n) is 8.54. The average molecular weight is 386 g/mol. The van der Waals surface area contributed by atoms with E-state index in [1.54, 1.807) is 26.2 Å². The standard InChI is InChI=1S/C19H19FN4O4/c1-12-3-5-14(20)9-15(12)21-17(25)11-24-10-13(4-6-18(24)26)19-22-16(23-28-19)7-8-27-2/h3-6,9-10H,7-8,11H2,1-2H3,(H,21,25). The van der Waals surface area contributed by atoms with Crippen molar-refractivity contribution >= 4 is 11.6 Å². The molecule has 0 radical (unpaired) electrons. The van der Waals surface area contributed by atoms with Gasteiger partial charge in [-0.1, -0.05) is 11.2 Å². The molecule has 0 saturated carbocycles. The van der Waals surface area contributed by atoms with Crippen molar-refractivity contribution in [2.24, 2.45) is 0 Å². The number of pyridine rings is 1. The van der Waals surface area contributed by atoms with E-state index >= 15 is 0 Å². The summed E-state index contributed by atoms with van der Waals surface area (Å²) >= 11 is 0. The third-order valence-electron chi connectivity index (χ3n) is 4.02. The zero-order chi connectivity index (χ0) is 20.1. The van der Waals surface area contributed by atoms with Crippen molar-refractivity contribution in [3.05, 3.63) is 64.1 Å². The quantitative estimate of drug-likeness (QED) is 0.668. The first-order valence-corrected chi connectivity index (χ1v) is 8.54. The Bertz CT molecular complexity index is 1040. The van der Waals surface area contributed by atoms with Crippen LogP contribution < -0.4 is 10.9 Å². The third kappa shape index (κ3) is 4.68. The lowest BCUT2D eigenvalue weighted by Gasteiger charge is -2.10. The smallest absolute Gasteiger partial charge is 0.259 e. The number of rotatable bonds is 7. The van der Waals surface area contributed by atoms with Gasteiger partial charge >= 0.3 is 0 Å². The van der Waals surface area contributed by atoms with Crippen LogP contribution in [-0.2, 0) is 22.5 Å². The Morgan fingerprint density at radius 2 is 2.14 bits per heavy atom. The minimum atomic E-state index is -0.459. The number of carbonyl (C=O) groups excluding carboxylic acids is 1. The van der Waals surface area contributed by atoms with E-state index in [0.29, 0.717) is 35.7 Å². The highest BCUT2D eigenvalue weighted by atomic mass is 19.1. The van der Waals surface area contributed by atoms with Crippen LogP contribution in [0.1, 0.15) is 11.4 Å². The highest BCUT2D eigenvalue weighted by molar-refractivity contribution is 5.91. The fraction of sp³-hybridized carbons (Fsp3) is 0.263. The molecule has 0 spiro atoms. The SMILES string of the molecule is COCCc1noc(-c2ccc(=O)n(CC(=O)Nc3cc(F)ccc3C)c2)n1. The second-order valence-electron chi connectivity index (χ2n) is 6.15. The topological polar surface area (TPSA) is 99.3 Å². The minimum absolute atomic E-state index is 0.237. The van der Waals surface area contributed by atoms with Crippen LogP contribution in [0.25, 0.3) is 11.5 Å². The van der Waals surface area contributed by atoms with Gasteiger partial charge in [-0.3, -0.25) is 9.59 Å². The van der Waals surface area contributed by atoms with Crippen molar-refractivity contribution in [1.82, 2.24) is 14.7 Å². The van der Waals surface area contributed by atoms with Crippen molar-refractivity contribution in [1.29, 1.82) is 0 Å². The fourth-order valence-corrected chi connectivity index (χ4v) is 2.52. The first-order chi connectivity index (χ1) is 13.5. The summed E-state index contributed by atoms with van der Waals surface area (Å²) in [5.41, 5.74) is 1.21. The van der Waals surface area contributed by atoms with E-state index in [2.05, 4.69) is 15.5 Å². The molecule has 1 aromatic carbocycles. The second kappa shape index (κ2) is 8.57. The summed E-state index contributed by atoms with van der Waals surface area (Å²) < 4.78 is 24.8. The summed E-state index contributed by atoms with van der Waals surface area (Å²) in [5, 5.41) is 6.46. The van der Waals surface area contributed by atoms with Crippen LogP contribution in [-0.4, -0.2) is 34.3 Å². The Morgan fingerprint density at radius 3 is 2.93 bits per heavy atom. The summed E-state index contributed by atoms with van der Waals surface area (Å²) in [4.78, 5) is 28.6. The van der Waals surface area contributed by atoms with E-state index in [0.717, 1.165) is 0 Å². The summed E-state index contributed by atoms with van der Waals surface area (Å²) in [6.45, 7) is 1.96. The Hall–Kier alpha value is -3.33. The van der Waals surface area contributed by atoms with Crippen molar-refractivity contribution < 1.29 is 18.4 Å². The van der Waals surface area contributed by atoms with Crippen LogP contribution in [0.5, 0.6) is 0 Å². The maximum absolute atomic E-state index is 13.4. The molecule has 0 saturated heterocycles. The highest BCUT2D eigenvalue weighted by Crippen LogP contribution is 2.17. The van der Waals surface area contributed by atoms with Crippen LogP contribution in [0.4, 0.5) is 10.1 Å². The third-order valence-corrected chi connectivity index (χ3v) is 4.02. The molecule has 146 valence electrons. The lowest BCUT2D eigenvalue weighted by molar-refractivity contribution is -0.116. The molecule has 3 rings (SSSR count). The first kappa shape index (κ1) is 19.4. The highest BCUT2D eigenvalue weighted by Gasteiger charge is 2.12. The number of hydrogen-bond donors (Lipinski definition) is 1. The number of aryl methyl sites for hydroxylation is 1. The number of anilines is 1. The van der Waals surface area contributed by atoms with Crippen molar-refractivity contribution in [3.8, 4) is 11.5 Å². The van der Waals surface area contributed by atoms with Gasteiger partial charge in [0.25, 0.3) is 11.4 Å². The number of nitrogens with zero attached hydrogens (tertiary/aromatic N) is 3. The Kier molecular flexibility index (Phi) is 5.95. The number of hydrogen-bond acceptors (Lipinski definition) is 6. The van der Waals surface area contributed by atoms with E-state index in [1.165, 1.54) is 29.0 Å². The van der Waals surface area contributed by atoms with Crippen molar-refractivity contribution in [3.63, 3.8) is 0 Å². The molecule has 8 nitrogen and oxygen atoms in total. The molecule has 0 aliphatic heterocycles. The van der Waals surface area contributed by atoms with E-state index in [-0.39, 0.29) is 18.0 Å². The fourth-order valence-electron chi connectivity index (χ4n) is 2.52. The molecule has 0 unspecified atom stereocenters. The molecule has 0 bridgehead atoms. The van der Waals surface area contributed by atoms with Gasteiger partial charge < -0.3 is 19.1 Å². The molecular formula is C19H19FN4O4. The molecule has 1 amide bonds. The van der Waals surface area contributed by atoms with Gasteiger partial charge in [-0.2, -0.15) is 4.98 Å². The molecule has 0 atom stereocenters. The Balaban J connectivity index is 1.76. The number of aromatic nitrogens is 3. The number of halogens is 1. The van der Waals surface area contributed by atoms with E-state index < -0.39 is 11.7 Å². The van der Waals surface area contributed by atoms with Gasteiger partial charge in [0.2, 0.25) is 5.91 Å². The van der Waals surface area contributed by atoms with Gasteiger partial charge in [0.1, 0.15) is 12.4 Å². The van der Waals surface area contributed by atoms with Crippen LogP contribution in [0.2, 0.25) is 0 Å². The Labute approximate surface area is 160 Å². The van der Waals surface area contributed by atoms with Crippen LogP contribution >= 0.6 is 0 Å². The normalized spacial score (nSPS) is 10.8. The van der Waals surface area contributed by atoms with Crippen molar-refractivity contribution in [2.75, 3.05) is 19.0 Å². The Morgan fingerprint density at radius 1 is 1.32 bits per heavy atom. The van der Waals surface area contributed by atoms with Crippen LogP contribution in [0.3, 0.4) is 0 Å². The zero-order valence-electron chi connectivity index (χ0n) is 15.4. The maximum atomic E-state index is 13.4. The van der Waals surface area contributed by atoms with E-state index in [4.69, 9.17) is 9.26 Å². The molecule has 2 aromatic heterocycles. The number of carbonyl (C=O) groups is 1. The molecule has 0 fully saturated rings.